The van der Waals surface area contributed by atoms with E-state index in [9.17, 15) is 14.4 Å². The Kier molecular flexibility index (Phi) is 15.9. The molecule has 9 nitrogen and oxygen atoms in total. The van der Waals surface area contributed by atoms with Crippen LogP contribution in [0.3, 0.4) is 0 Å². The van der Waals surface area contributed by atoms with Crippen molar-refractivity contribution in [3.63, 3.8) is 0 Å². The van der Waals surface area contributed by atoms with Gasteiger partial charge in [-0.2, -0.15) is 11.4 Å². The molecular weight excluding hydrogens is 761 g/mol. The Labute approximate surface area is 373 Å². The van der Waals surface area contributed by atoms with E-state index in [0.717, 1.165) is 81.1 Å². The summed E-state index contributed by atoms with van der Waals surface area (Å²) in [6, 6.07) is 0. The Balaban J connectivity index is 0.00000683. The number of methoxy groups -OCH3 is 1. The van der Waals surface area contributed by atoms with Crippen LogP contribution in [0.1, 0.15) is 160 Å². The van der Waals surface area contributed by atoms with Crippen molar-refractivity contribution in [2.45, 2.75) is 127 Å². The van der Waals surface area contributed by atoms with Gasteiger partial charge in [-0.15, -0.1) is 33.5 Å². The van der Waals surface area contributed by atoms with Gasteiger partial charge in [-0.3, -0.25) is 14.4 Å². The minimum absolute atomic E-state index is 0. The Bertz CT molecular complexity index is 2280. The van der Waals surface area contributed by atoms with Crippen molar-refractivity contribution in [3.05, 3.63) is 90.1 Å². The molecule has 2 aliphatic heterocycles. The number of hydrogen-bond donors (Lipinski definition) is 0. The van der Waals surface area contributed by atoms with Gasteiger partial charge in [0, 0.05) is 12.0 Å². The Hall–Kier alpha value is -4.02. The third-order valence-corrected chi connectivity index (χ3v) is 13.2. The maximum absolute atomic E-state index is 14.3. The summed E-state index contributed by atoms with van der Waals surface area (Å²) in [4.78, 5) is 56.4. The topological polar surface area (TPSA) is 126 Å². The molecule has 1 aliphatic carbocycles. The second-order valence-electron chi connectivity index (χ2n) is 17.8. The average molecular weight is 825 g/mol. The van der Waals surface area contributed by atoms with Crippen LogP contribution in [-0.4, -0.2) is 54.5 Å². The van der Waals surface area contributed by atoms with Crippen LogP contribution in [0.5, 0.6) is 0 Å². The first-order valence-electron chi connectivity index (χ1n) is 22.0. The molecule has 5 atom stereocenters. The van der Waals surface area contributed by atoms with Gasteiger partial charge >= 0.3 is 35.0 Å². The first-order chi connectivity index (χ1) is 28.2. The average Bonchev–Trinajstić information content (AvgIpc) is 3.94. The van der Waals surface area contributed by atoms with Crippen LogP contribution in [0, 0.1) is 56.3 Å². The van der Waals surface area contributed by atoms with E-state index in [1.165, 1.54) is 39.2 Å². The first kappa shape index (κ1) is 47.0. The van der Waals surface area contributed by atoms with Crippen molar-refractivity contribution in [1.82, 2.24) is 15.0 Å². The number of rotatable bonds is 17. The van der Waals surface area contributed by atoms with E-state index in [2.05, 4.69) is 55.0 Å². The molecule has 60 heavy (non-hydrogen) atoms. The number of aromatic nitrogens is 3. The van der Waals surface area contributed by atoms with Crippen molar-refractivity contribution in [3.8, 4) is 0 Å². The normalized spacial score (nSPS) is 22.1. The van der Waals surface area contributed by atoms with E-state index in [4.69, 9.17) is 29.7 Å². The molecule has 8 bridgehead atoms. The molecule has 10 heteroatoms. The third kappa shape index (κ3) is 9.70. The van der Waals surface area contributed by atoms with E-state index in [0.29, 0.717) is 52.7 Å². The molecular formula is C50H64MgN4O5-2. The Morgan fingerprint density at radius 3 is 2.15 bits per heavy atom. The van der Waals surface area contributed by atoms with Crippen molar-refractivity contribution in [2.75, 3.05) is 13.7 Å². The summed E-state index contributed by atoms with van der Waals surface area (Å²) in [5.74, 6) is -0.958. The summed E-state index contributed by atoms with van der Waals surface area (Å²) in [5, 5.41) is 6.83. The molecule has 5 heterocycles. The largest absolute Gasteiger partial charge is 2.00 e. The van der Waals surface area contributed by atoms with Crippen LogP contribution in [0.4, 0.5) is 0 Å². The standard InChI is InChI=1S/C50H65N4O5.Mg/c1-12-34-30(7)37-24-39-32(9)36(20-21-43(55)59-23-22-29(6)19-15-18-28(5)17-14-16-27(3)4)47(53-39)45-46(50(57)58-11)49(56)44-33(10)40(54-48(44)45)26-42-35(13-2)31(8)38(52-42)25-41(34)51-37;/h12,24-29,32,36,46H,1,13-23H2,2-11H3,(H-,53,54,56);/q-3;+2/p-1/b38-25-,39-24-,42-26-;/t28-,29+,32+,36+,46-;/m1./s1. The molecule has 6 rings (SSSR count). The second kappa shape index (κ2) is 20.2. The van der Waals surface area contributed by atoms with Gasteiger partial charge in [-0.25, -0.2) is 0 Å². The maximum Gasteiger partial charge on any atom is 2.00 e. The van der Waals surface area contributed by atoms with Crippen LogP contribution in [0.2, 0.25) is 0 Å². The van der Waals surface area contributed by atoms with Crippen molar-refractivity contribution in [1.29, 1.82) is 0 Å². The van der Waals surface area contributed by atoms with Crippen molar-refractivity contribution >= 4 is 70.7 Å². The number of nitrogens with zero attached hydrogens (tertiary/aromatic N) is 4. The molecule has 0 spiro atoms. The summed E-state index contributed by atoms with van der Waals surface area (Å²) < 4.78 is 11.1. The Morgan fingerprint density at radius 1 is 0.850 bits per heavy atom. The SMILES string of the molecule is C=Cc1c2[n-]c(c1C)/C=C1\[N-]/C(=C3\c4[n-]c(c(C)c4C(=O)[C@@H]3C(=O)OC)/C=c3\[n-]/c(c(C)c3CC)=C\2)[C@@H](CCC(=O)OCC[C@@H](C)CCC[C@H](C)CCCC(C)C)[C@@H]1C.[Mg+2]. The smallest absolute Gasteiger partial charge is 0.664 e. The fraction of sp³-hybridized carbons (Fsp3) is 0.540. The monoisotopic (exact) mass is 824 g/mol. The van der Waals surface area contributed by atoms with Gasteiger partial charge in [0.1, 0.15) is 5.92 Å². The maximum atomic E-state index is 14.3. The zero-order valence-corrected chi connectivity index (χ0v) is 39.2. The molecule has 3 aromatic heterocycles. The van der Waals surface area contributed by atoms with E-state index in [1.807, 2.05) is 38.2 Å². The molecule has 0 N–H and O–H groups in total. The van der Waals surface area contributed by atoms with E-state index in [1.54, 1.807) is 0 Å². The first-order valence-corrected chi connectivity index (χ1v) is 22.0. The number of hydrogen-bond acceptors (Lipinski definition) is 5. The van der Waals surface area contributed by atoms with Crippen LogP contribution in [0.25, 0.3) is 35.2 Å². The molecule has 0 saturated carbocycles. The van der Waals surface area contributed by atoms with Gasteiger partial charge in [0.25, 0.3) is 0 Å². The fourth-order valence-electron chi connectivity index (χ4n) is 9.35. The molecule has 3 aliphatic rings. The molecule has 1 fully saturated rings. The van der Waals surface area contributed by atoms with E-state index >= 15 is 0 Å². The zero-order valence-electron chi connectivity index (χ0n) is 37.8. The molecule has 318 valence electrons. The number of allylic oxidation sites excluding steroid dienone is 2. The zero-order chi connectivity index (χ0) is 42.7. The number of Topliss-reactive ketones (excluding diaryl/α,β-unsaturated/α-hetero) is 1. The van der Waals surface area contributed by atoms with Gasteiger partial charge < -0.3 is 29.7 Å². The number of carbonyl (C=O) groups excluding carboxylic acids is 3. The third-order valence-electron chi connectivity index (χ3n) is 13.2. The van der Waals surface area contributed by atoms with E-state index in [-0.39, 0.29) is 53.1 Å². The summed E-state index contributed by atoms with van der Waals surface area (Å²) in [6.45, 7) is 23.8. The van der Waals surface area contributed by atoms with Crippen LogP contribution in [-0.2, 0) is 25.5 Å². The fourth-order valence-corrected chi connectivity index (χ4v) is 9.35. The molecule has 0 aromatic carbocycles. The number of esters is 2. The van der Waals surface area contributed by atoms with Gasteiger partial charge in [-0.05, 0) is 75.2 Å². The summed E-state index contributed by atoms with van der Waals surface area (Å²) in [7, 11) is 1.30. The molecule has 3 aromatic rings. The van der Waals surface area contributed by atoms with Crippen LogP contribution < -0.4 is 25.7 Å². The molecule has 0 radical (unpaired) electrons. The number of ether oxygens (including phenoxy) is 2. The number of carbonyl (C=O) groups is 3. The summed E-state index contributed by atoms with van der Waals surface area (Å²) >= 11 is 0. The van der Waals surface area contributed by atoms with Gasteiger partial charge in [0.05, 0.1) is 13.7 Å². The van der Waals surface area contributed by atoms with Gasteiger partial charge in [0.2, 0.25) is 0 Å². The van der Waals surface area contributed by atoms with Gasteiger partial charge in [-0.1, -0.05) is 139 Å². The Morgan fingerprint density at radius 2 is 1.50 bits per heavy atom. The summed E-state index contributed by atoms with van der Waals surface area (Å²) in [6.07, 6.45) is 17.4. The second-order valence-corrected chi connectivity index (χ2v) is 17.8. The van der Waals surface area contributed by atoms with E-state index < -0.39 is 11.9 Å². The minimum atomic E-state index is -1.21. The van der Waals surface area contributed by atoms with Crippen molar-refractivity contribution < 1.29 is 23.9 Å². The number of ketones is 1. The van der Waals surface area contributed by atoms with Crippen molar-refractivity contribution in [2.24, 2.45) is 35.5 Å². The summed E-state index contributed by atoms with van der Waals surface area (Å²) in [5.41, 5.74) is 9.54. The molecule has 0 unspecified atom stereocenters. The quantitative estimate of drug-likeness (QED) is 0.0753. The minimum Gasteiger partial charge on any atom is -0.664 e. The van der Waals surface area contributed by atoms with Crippen LogP contribution in [0.15, 0.2) is 18.0 Å². The van der Waals surface area contributed by atoms with Crippen LogP contribution >= 0.6 is 0 Å². The molecule has 1 saturated heterocycles. The number of fused-ring (bicyclic) bond motifs is 7. The predicted octanol–water partition coefficient (Wildman–Crippen LogP) is 8.64. The predicted molar refractivity (Wildman–Crippen MR) is 242 cm³/mol. The molecule has 0 amide bonds. The van der Waals surface area contributed by atoms with Gasteiger partial charge in [0.15, 0.2) is 5.78 Å².